The molecule has 26 heavy (non-hydrogen) atoms. The van der Waals surface area contributed by atoms with Gasteiger partial charge >= 0.3 is 0 Å². The van der Waals surface area contributed by atoms with E-state index in [9.17, 15) is 20.1 Å². The fourth-order valence-corrected chi connectivity index (χ4v) is 3.36. The summed E-state index contributed by atoms with van der Waals surface area (Å²) in [5.74, 6) is 0.232. The summed E-state index contributed by atoms with van der Waals surface area (Å²) in [6.45, 7) is 1.39. The van der Waals surface area contributed by atoms with Crippen molar-refractivity contribution in [1.82, 2.24) is 14.9 Å². The first-order chi connectivity index (χ1) is 12.5. The van der Waals surface area contributed by atoms with E-state index in [0.29, 0.717) is 12.2 Å². The van der Waals surface area contributed by atoms with E-state index in [4.69, 9.17) is 0 Å². The molecule has 1 aromatic carbocycles. The summed E-state index contributed by atoms with van der Waals surface area (Å²) in [4.78, 5) is 16.4. The number of amides is 1. The predicted molar refractivity (Wildman–Crippen MR) is 95.4 cm³/mol. The molecule has 2 unspecified atom stereocenters. The molecule has 4 atom stereocenters. The quantitative estimate of drug-likeness (QED) is 0.601. The largest absolute Gasteiger partial charge is 0.394 e. The summed E-state index contributed by atoms with van der Waals surface area (Å²) >= 11 is 0. The standard InChI is InChI=1S/C19H25N3O4/c1-2-15(24)21-16-18(26)17(25)14(11-23)22-10-13(20-19(16)22)9-8-12-6-4-3-5-7-12/h3-7,10,14,16-18,23,25-26H,2,8-9,11H2,1H3,(H,21,24)/t14?,16?,17-,18+/m0/s1. The van der Waals surface area contributed by atoms with Crippen LogP contribution in [0.25, 0.3) is 0 Å². The van der Waals surface area contributed by atoms with Gasteiger partial charge in [-0.1, -0.05) is 37.3 Å². The number of aryl methyl sites for hydroxylation is 2. The molecule has 0 fully saturated rings. The highest BCUT2D eigenvalue weighted by molar-refractivity contribution is 5.76. The molecule has 0 saturated carbocycles. The van der Waals surface area contributed by atoms with Crippen LogP contribution in [0.15, 0.2) is 36.5 Å². The van der Waals surface area contributed by atoms with E-state index in [2.05, 4.69) is 10.3 Å². The van der Waals surface area contributed by atoms with Crippen molar-refractivity contribution >= 4 is 5.91 Å². The Bertz CT molecular complexity index is 746. The van der Waals surface area contributed by atoms with Crippen LogP contribution in [0.2, 0.25) is 0 Å². The minimum Gasteiger partial charge on any atom is -0.394 e. The van der Waals surface area contributed by atoms with Gasteiger partial charge in [-0.05, 0) is 18.4 Å². The number of carbonyl (C=O) groups excluding carboxylic acids is 1. The Morgan fingerprint density at radius 1 is 1.19 bits per heavy atom. The van der Waals surface area contributed by atoms with Crippen molar-refractivity contribution in [2.24, 2.45) is 0 Å². The molecule has 0 bridgehead atoms. The van der Waals surface area contributed by atoms with E-state index >= 15 is 0 Å². The zero-order valence-electron chi connectivity index (χ0n) is 14.7. The third-order valence-corrected chi connectivity index (χ3v) is 4.87. The molecule has 7 heteroatoms. The maximum atomic E-state index is 11.8. The van der Waals surface area contributed by atoms with Gasteiger partial charge in [-0.25, -0.2) is 4.98 Å². The molecule has 2 aromatic rings. The van der Waals surface area contributed by atoms with Crippen LogP contribution in [-0.4, -0.2) is 49.6 Å². The van der Waals surface area contributed by atoms with Crippen LogP contribution in [0.1, 0.15) is 42.5 Å². The Kier molecular flexibility index (Phi) is 5.70. The molecule has 2 heterocycles. The number of aliphatic hydroxyl groups excluding tert-OH is 3. The lowest BCUT2D eigenvalue weighted by molar-refractivity contribution is -0.125. The second-order valence-electron chi connectivity index (χ2n) is 6.61. The van der Waals surface area contributed by atoms with Crippen molar-refractivity contribution < 1.29 is 20.1 Å². The Morgan fingerprint density at radius 3 is 2.58 bits per heavy atom. The zero-order chi connectivity index (χ0) is 18.7. The number of nitrogens with zero attached hydrogens (tertiary/aromatic N) is 2. The van der Waals surface area contributed by atoms with Crippen molar-refractivity contribution in [1.29, 1.82) is 0 Å². The van der Waals surface area contributed by atoms with Crippen LogP contribution in [0.5, 0.6) is 0 Å². The van der Waals surface area contributed by atoms with Gasteiger partial charge in [-0.15, -0.1) is 0 Å². The molecule has 0 saturated heterocycles. The molecule has 1 amide bonds. The molecule has 4 N–H and O–H groups in total. The SMILES string of the molecule is CCC(=O)NC1c2nc(CCc3ccccc3)cn2C(CO)[C@H](O)[C@@H]1O. The average Bonchev–Trinajstić information content (AvgIpc) is 3.08. The lowest BCUT2D eigenvalue weighted by Crippen LogP contribution is -2.51. The summed E-state index contributed by atoms with van der Waals surface area (Å²) in [6.07, 6.45) is 1.13. The molecule has 3 rings (SSSR count). The Balaban J connectivity index is 1.86. The Hall–Kier alpha value is -2.22. The van der Waals surface area contributed by atoms with Gasteiger partial charge in [0.1, 0.15) is 24.1 Å². The molecule has 0 spiro atoms. The fraction of sp³-hybridized carbons (Fsp3) is 0.474. The number of rotatable bonds is 6. The molecule has 140 valence electrons. The van der Waals surface area contributed by atoms with Gasteiger partial charge in [0.05, 0.1) is 18.3 Å². The first kappa shape index (κ1) is 18.6. The van der Waals surface area contributed by atoms with Crippen molar-refractivity contribution in [2.45, 2.75) is 50.5 Å². The van der Waals surface area contributed by atoms with Crippen LogP contribution in [0, 0.1) is 0 Å². The van der Waals surface area contributed by atoms with Crippen LogP contribution >= 0.6 is 0 Å². The summed E-state index contributed by atoms with van der Waals surface area (Å²) < 4.78 is 1.68. The van der Waals surface area contributed by atoms with Gasteiger partial charge in [0.15, 0.2) is 0 Å². The summed E-state index contributed by atoms with van der Waals surface area (Å²) in [7, 11) is 0. The normalized spacial score (nSPS) is 24.9. The van der Waals surface area contributed by atoms with E-state index in [1.807, 2.05) is 30.3 Å². The zero-order valence-corrected chi connectivity index (χ0v) is 14.7. The van der Waals surface area contributed by atoms with Crippen molar-refractivity contribution in [3.05, 3.63) is 53.6 Å². The van der Waals surface area contributed by atoms with Crippen LogP contribution < -0.4 is 5.32 Å². The monoisotopic (exact) mass is 359 g/mol. The van der Waals surface area contributed by atoms with Crippen LogP contribution in [-0.2, 0) is 17.6 Å². The van der Waals surface area contributed by atoms with Crippen LogP contribution in [0.3, 0.4) is 0 Å². The molecule has 0 aliphatic carbocycles. The highest BCUT2D eigenvalue weighted by atomic mass is 16.3. The van der Waals surface area contributed by atoms with Gasteiger partial charge in [0, 0.05) is 12.6 Å². The number of aromatic nitrogens is 2. The van der Waals surface area contributed by atoms with E-state index in [1.54, 1.807) is 17.7 Å². The Morgan fingerprint density at radius 2 is 1.92 bits per heavy atom. The summed E-state index contributed by atoms with van der Waals surface area (Å²) in [6, 6.07) is 8.54. The second-order valence-corrected chi connectivity index (χ2v) is 6.61. The number of aliphatic hydroxyl groups is 3. The van der Waals surface area contributed by atoms with E-state index in [1.165, 1.54) is 5.56 Å². The summed E-state index contributed by atoms with van der Waals surface area (Å²) in [5, 5.41) is 33.1. The maximum absolute atomic E-state index is 11.8. The van der Waals surface area contributed by atoms with Crippen molar-refractivity contribution in [3.63, 3.8) is 0 Å². The van der Waals surface area contributed by atoms with Crippen molar-refractivity contribution in [2.75, 3.05) is 6.61 Å². The molecule has 1 aromatic heterocycles. The number of carbonyl (C=O) groups is 1. The smallest absolute Gasteiger partial charge is 0.220 e. The first-order valence-electron chi connectivity index (χ1n) is 8.93. The molecular weight excluding hydrogens is 334 g/mol. The van der Waals surface area contributed by atoms with E-state index < -0.39 is 24.3 Å². The highest BCUT2D eigenvalue weighted by Gasteiger charge is 2.42. The fourth-order valence-electron chi connectivity index (χ4n) is 3.36. The summed E-state index contributed by atoms with van der Waals surface area (Å²) in [5.41, 5.74) is 1.98. The van der Waals surface area contributed by atoms with E-state index in [0.717, 1.165) is 12.1 Å². The number of nitrogens with one attached hydrogen (secondary N) is 1. The van der Waals surface area contributed by atoms with Crippen molar-refractivity contribution in [3.8, 4) is 0 Å². The van der Waals surface area contributed by atoms with E-state index in [-0.39, 0.29) is 18.9 Å². The molecule has 1 aliphatic heterocycles. The van der Waals surface area contributed by atoms with Gasteiger partial charge in [-0.3, -0.25) is 4.79 Å². The lowest BCUT2D eigenvalue weighted by atomic mass is 9.94. The minimum atomic E-state index is -1.22. The lowest BCUT2D eigenvalue weighted by Gasteiger charge is -2.38. The minimum absolute atomic E-state index is 0.232. The molecular formula is C19H25N3O4. The Labute approximate surface area is 152 Å². The maximum Gasteiger partial charge on any atom is 0.220 e. The van der Waals surface area contributed by atoms with Gasteiger partial charge in [0.2, 0.25) is 5.91 Å². The van der Waals surface area contributed by atoms with Gasteiger partial charge in [-0.2, -0.15) is 0 Å². The third-order valence-electron chi connectivity index (χ3n) is 4.87. The van der Waals surface area contributed by atoms with Crippen LogP contribution in [0.4, 0.5) is 0 Å². The predicted octanol–water partition coefficient (Wildman–Crippen LogP) is 0.504. The molecule has 0 radical (unpaired) electrons. The van der Waals surface area contributed by atoms with Gasteiger partial charge < -0.3 is 25.2 Å². The highest BCUT2D eigenvalue weighted by Crippen LogP contribution is 2.32. The topological polar surface area (TPSA) is 108 Å². The third kappa shape index (κ3) is 3.65. The number of fused-ring (bicyclic) bond motifs is 1. The second kappa shape index (κ2) is 7.99. The average molecular weight is 359 g/mol. The first-order valence-corrected chi connectivity index (χ1v) is 8.93. The number of imidazole rings is 1. The number of benzene rings is 1. The van der Waals surface area contributed by atoms with Gasteiger partial charge in [0.25, 0.3) is 0 Å². The molecule has 7 nitrogen and oxygen atoms in total. The molecule has 1 aliphatic rings. The number of hydrogen-bond donors (Lipinski definition) is 4. The number of hydrogen-bond acceptors (Lipinski definition) is 5.